The number of methoxy groups -OCH3 is 3. The van der Waals surface area contributed by atoms with Gasteiger partial charge in [0.2, 0.25) is 11.7 Å². The summed E-state index contributed by atoms with van der Waals surface area (Å²) in [5, 5.41) is 0. The van der Waals surface area contributed by atoms with E-state index in [0.717, 1.165) is 10.0 Å². The van der Waals surface area contributed by atoms with Gasteiger partial charge in [-0.15, -0.1) is 0 Å². The summed E-state index contributed by atoms with van der Waals surface area (Å²) in [5.74, 6) is 2.10. The molecule has 2 aromatic rings. The highest BCUT2D eigenvalue weighted by molar-refractivity contribution is 9.10. The summed E-state index contributed by atoms with van der Waals surface area (Å²) in [6, 6.07) is 7.22. The van der Waals surface area contributed by atoms with Crippen molar-refractivity contribution in [1.82, 2.24) is 4.98 Å². The number of aromatic nitrogens is 1. The highest BCUT2D eigenvalue weighted by Crippen LogP contribution is 2.38. The fourth-order valence-corrected chi connectivity index (χ4v) is 2.74. The van der Waals surface area contributed by atoms with Gasteiger partial charge < -0.3 is 14.2 Å². The minimum absolute atomic E-state index is 0.0633. The number of pyridine rings is 1. The number of hydrogen-bond acceptors (Lipinski definition) is 5. The number of rotatable bonds is 7. The second-order valence-corrected chi connectivity index (χ2v) is 6.10. The molecular formula is C18H21BrN2O4. The van der Waals surface area contributed by atoms with Gasteiger partial charge in [-0.25, -0.2) is 4.98 Å². The third-order valence-electron chi connectivity index (χ3n) is 3.69. The lowest BCUT2D eigenvalue weighted by Crippen LogP contribution is -2.32. The number of hydrogen-bond donors (Lipinski definition) is 0. The van der Waals surface area contributed by atoms with E-state index in [1.54, 1.807) is 50.6 Å². The molecule has 0 fully saturated rings. The molecule has 0 saturated carbocycles. The molecule has 0 aliphatic rings. The van der Waals surface area contributed by atoms with E-state index in [1.807, 2.05) is 13.0 Å². The summed E-state index contributed by atoms with van der Waals surface area (Å²) >= 11 is 3.35. The average Bonchev–Trinajstić information content (AvgIpc) is 2.62. The van der Waals surface area contributed by atoms with E-state index >= 15 is 0 Å². The lowest BCUT2D eigenvalue weighted by Gasteiger charge is -2.20. The predicted molar refractivity (Wildman–Crippen MR) is 99.8 cm³/mol. The van der Waals surface area contributed by atoms with Crippen LogP contribution in [0.2, 0.25) is 0 Å². The Morgan fingerprint density at radius 1 is 1.12 bits per heavy atom. The first-order valence-electron chi connectivity index (χ1n) is 7.74. The molecule has 1 amide bonds. The molecule has 1 heterocycles. The lowest BCUT2D eigenvalue weighted by molar-refractivity contribution is -0.118. The molecule has 0 spiro atoms. The molecule has 7 heteroatoms. The number of ether oxygens (including phenoxy) is 3. The minimum atomic E-state index is -0.0633. The summed E-state index contributed by atoms with van der Waals surface area (Å²) in [6.07, 6.45) is 1.87. The van der Waals surface area contributed by atoms with Crippen molar-refractivity contribution in [3.05, 3.63) is 40.5 Å². The SMILES string of the molecule is CCN(C(=O)Cc1cc(OC)c(OC)c(OC)c1)c1ccc(Br)cn1. The fourth-order valence-electron chi connectivity index (χ4n) is 2.50. The maximum atomic E-state index is 12.7. The minimum Gasteiger partial charge on any atom is -0.493 e. The van der Waals surface area contributed by atoms with Gasteiger partial charge in [-0.2, -0.15) is 0 Å². The summed E-state index contributed by atoms with van der Waals surface area (Å²) in [4.78, 5) is 18.7. The number of nitrogens with zero attached hydrogens (tertiary/aromatic N) is 2. The van der Waals surface area contributed by atoms with Crippen LogP contribution in [0.3, 0.4) is 0 Å². The Morgan fingerprint density at radius 2 is 1.76 bits per heavy atom. The van der Waals surface area contributed by atoms with Gasteiger partial charge in [0.05, 0.1) is 27.8 Å². The molecule has 134 valence electrons. The van der Waals surface area contributed by atoms with E-state index < -0.39 is 0 Å². The van der Waals surface area contributed by atoms with Crippen molar-refractivity contribution in [1.29, 1.82) is 0 Å². The first-order valence-corrected chi connectivity index (χ1v) is 8.54. The van der Waals surface area contributed by atoms with Crippen LogP contribution in [0.1, 0.15) is 12.5 Å². The highest BCUT2D eigenvalue weighted by Gasteiger charge is 2.19. The van der Waals surface area contributed by atoms with Crippen LogP contribution in [0, 0.1) is 0 Å². The molecule has 0 unspecified atom stereocenters. The number of benzene rings is 1. The van der Waals surface area contributed by atoms with Crippen LogP contribution < -0.4 is 19.1 Å². The molecule has 0 bridgehead atoms. The van der Waals surface area contributed by atoms with Crippen LogP contribution in [0.15, 0.2) is 34.9 Å². The quantitative estimate of drug-likeness (QED) is 0.701. The molecule has 2 rings (SSSR count). The van der Waals surface area contributed by atoms with Crippen molar-refractivity contribution < 1.29 is 19.0 Å². The average molecular weight is 409 g/mol. The number of halogens is 1. The Labute approximate surface area is 155 Å². The third-order valence-corrected chi connectivity index (χ3v) is 4.15. The Hall–Kier alpha value is -2.28. The zero-order valence-corrected chi connectivity index (χ0v) is 16.3. The van der Waals surface area contributed by atoms with E-state index in [9.17, 15) is 4.79 Å². The van der Waals surface area contributed by atoms with Gasteiger partial charge in [-0.3, -0.25) is 9.69 Å². The molecule has 0 atom stereocenters. The largest absolute Gasteiger partial charge is 0.493 e. The van der Waals surface area contributed by atoms with Gasteiger partial charge in [0.25, 0.3) is 0 Å². The fraction of sp³-hybridized carbons (Fsp3) is 0.333. The van der Waals surface area contributed by atoms with Crippen LogP contribution in [0.4, 0.5) is 5.82 Å². The van der Waals surface area contributed by atoms with Gasteiger partial charge >= 0.3 is 0 Å². The van der Waals surface area contributed by atoms with Gasteiger partial charge in [-0.1, -0.05) is 0 Å². The number of carbonyl (C=O) groups is 1. The standard InChI is InChI=1S/C18H21BrN2O4/c1-5-21(16-7-6-13(19)11-20-16)17(22)10-12-8-14(23-2)18(25-4)15(9-12)24-3/h6-9,11H,5,10H2,1-4H3. The number of carbonyl (C=O) groups excluding carboxylic acids is 1. The molecule has 0 radical (unpaired) electrons. The van der Waals surface area contributed by atoms with E-state index in [0.29, 0.717) is 29.6 Å². The Bertz CT molecular complexity index is 709. The summed E-state index contributed by atoms with van der Waals surface area (Å²) in [5.41, 5.74) is 0.773. The van der Waals surface area contributed by atoms with Crippen LogP contribution in [0.5, 0.6) is 17.2 Å². The van der Waals surface area contributed by atoms with Gasteiger partial charge in [0, 0.05) is 17.2 Å². The van der Waals surface area contributed by atoms with E-state index in [1.165, 1.54) is 0 Å². The molecule has 0 N–H and O–H groups in total. The van der Waals surface area contributed by atoms with Crippen LogP contribution >= 0.6 is 15.9 Å². The van der Waals surface area contributed by atoms with Gasteiger partial charge in [-0.05, 0) is 52.7 Å². The molecular weight excluding hydrogens is 388 g/mol. The topological polar surface area (TPSA) is 60.9 Å². The maximum Gasteiger partial charge on any atom is 0.232 e. The van der Waals surface area contributed by atoms with Crippen LogP contribution in [0.25, 0.3) is 0 Å². The second-order valence-electron chi connectivity index (χ2n) is 5.18. The molecule has 0 saturated heterocycles. The van der Waals surface area contributed by atoms with Crippen molar-refractivity contribution in [3.8, 4) is 17.2 Å². The monoisotopic (exact) mass is 408 g/mol. The summed E-state index contributed by atoms with van der Waals surface area (Å²) < 4.78 is 16.8. The molecule has 1 aromatic heterocycles. The van der Waals surface area contributed by atoms with Crippen molar-refractivity contribution in [2.75, 3.05) is 32.8 Å². The summed E-state index contributed by atoms with van der Waals surface area (Å²) in [7, 11) is 4.64. The van der Waals surface area contributed by atoms with Crippen molar-refractivity contribution in [3.63, 3.8) is 0 Å². The Morgan fingerprint density at radius 3 is 2.20 bits per heavy atom. The third kappa shape index (κ3) is 4.42. The first kappa shape index (κ1) is 19.1. The predicted octanol–water partition coefficient (Wildman–Crippen LogP) is 3.47. The normalized spacial score (nSPS) is 10.3. The van der Waals surface area contributed by atoms with E-state index in [2.05, 4.69) is 20.9 Å². The van der Waals surface area contributed by atoms with Crippen LogP contribution in [-0.4, -0.2) is 38.8 Å². The molecule has 6 nitrogen and oxygen atoms in total. The van der Waals surface area contributed by atoms with E-state index in [-0.39, 0.29) is 12.3 Å². The van der Waals surface area contributed by atoms with Crippen molar-refractivity contribution in [2.45, 2.75) is 13.3 Å². The highest BCUT2D eigenvalue weighted by atomic mass is 79.9. The maximum absolute atomic E-state index is 12.7. The summed E-state index contributed by atoms with van der Waals surface area (Å²) in [6.45, 7) is 2.44. The van der Waals surface area contributed by atoms with Gasteiger partial charge in [0.15, 0.2) is 11.5 Å². The lowest BCUT2D eigenvalue weighted by atomic mass is 10.1. The molecule has 0 aliphatic heterocycles. The number of amides is 1. The Kier molecular flexibility index (Phi) is 6.64. The zero-order chi connectivity index (χ0) is 18.4. The zero-order valence-electron chi connectivity index (χ0n) is 14.7. The molecule has 1 aromatic carbocycles. The second kappa shape index (κ2) is 8.71. The van der Waals surface area contributed by atoms with Crippen LogP contribution in [-0.2, 0) is 11.2 Å². The number of anilines is 1. The smallest absolute Gasteiger partial charge is 0.232 e. The van der Waals surface area contributed by atoms with Crippen molar-refractivity contribution >= 4 is 27.7 Å². The molecule has 25 heavy (non-hydrogen) atoms. The molecule has 0 aliphatic carbocycles. The first-order chi connectivity index (χ1) is 12.0. The Balaban J connectivity index is 2.28. The van der Waals surface area contributed by atoms with Gasteiger partial charge in [0.1, 0.15) is 5.82 Å². The van der Waals surface area contributed by atoms with Crippen molar-refractivity contribution in [2.24, 2.45) is 0 Å². The number of likely N-dealkylation sites (N-methyl/N-ethyl adjacent to an activating group) is 1. The van der Waals surface area contributed by atoms with E-state index in [4.69, 9.17) is 14.2 Å².